The molecule has 11 heavy (non-hydrogen) atoms. The molecule has 0 aliphatic rings. The van der Waals surface area contributed by atoms with E-state index in [-0.39, 0.29) is 5.33 Å². The third-order valence-electron chi connectivity index (χ3n) is 0.584. The maximum absolute atomic E-state index is 9.87. The van der Waals surface area contributed by atoms with Crippen LogP contribution in [-0.4, -0.2) is 33.9 Å². The van der Waals surface area contributed by atoms with E-state index in [0.29, 0.717) is 6.61 Å². The molecule has 0 rings (SSSR count). The van der Waals surface area contributed by atoms with Crippen LogP contribution in [-0.2, 0) is 9.59 Å². The van der Waals surface area contributed by atoms with Crippen LogP contribution in [0.15, 0.2) is 0 Å². The number of carboxylic acid groups (broad SMARTS) is 1. The number of hydrogen-bond acceptors (Lipinski definition) is 3. The van der Waals surface area contributed by atoms with E-state index in [4.69, 9.17) is 10.2 Å². The van der Waals surface area contributed by atoms with Gasteiger partial charge in [-0.15, -0.1) is 0 Å². The monoisotopic (exact) mass is 226 g/mol. The molecule has 0 fully saturated rings. The van der Waals surface area contributed by atoms with Crippen LogP contribution >= 0.6 is 15.9 Å². The van der Waals surface area contributed by atoms with Crippen LogP contribution in [0.2, 0.25) is 0 Å². The maximum Gasteiger partial charge on any atom is 0.373 e. The highest BCUT2D eigenvalue weighted by molar-refractivity contribution is 9.09. The number of carbonyl (C=O) groups excluding carboxylic acids is 1. The number of alkyl halides is 1. The summed E-state index contributed by atoms with van der Waals surface area (Å²) in [6.45, 7) is 2.25. The van der Waals surface area contributed by atoms with Crippen molar-refractivity contribution in [3.63, 3.8) is 0 Å². The molecule has 0 aromatic carbocycles. The SMILES string of the molecule is CCCO.O=C(O)C(=O)CBr. The second kappa shape index (κ2) is 9.58. The van der Waals surface area contributed by atoms with Gasteiger partial charge in [-0.1, -0.05) is 22.9 Å². The molecule has 0 amide bonds. The van der Waals surface area contributed by atoms with Crippen LogP contribution in [0, 0.1) is 0 Å². The van der Waals surface area contributed by atoms with Crippen molar-refractivity contribution >= 4 is 27.7 Å². The van der Waals surface area contributed by atoms with Crippen LogP contribution in [0.3, 0.4) is 0 Å². The summed E-state index contributed by atoms with van der Waals surface area (Å²) in [6, 6.07) is 0. The number of aliphatic hydroxyl groups excluding tert-OH is 1. The van der Waals surface area contributed by atoms with Crippen LogP contribution in [0.1, 0.15) is 13.3 Å². The molecule has 0 saturated heterocycles. The first kappa shape index (κ1) is 13.2. The Morgan fingerprint density at radius 2 is 1.82 bits per heavy atom. The second-order valence-electron chi connectivity index (χ2n) is 1.59. The molecular formula is C6H11BrO4. The predicted octanol–water partition coefficient (Wildman–Crippen LogP) is 0.424. The molecule has 0 aromatic rings. The van der Waals surface area contributed by atoms with Gasteiger partial charge >= 0.3 is 5.97 Å². The number of aliphatic hydroxyl groups is 1. The van der Waals surface area contributed by atoms with Gasteiger partial charge in [0.1, 0.15) is 0 Å². The third-order valence-corrected chi connectivity index (χ3v) is 1.09. The van der Waals surface area contributed by atoms with Gasteiger partial charge in [-0.3, -0.25) is 4.79 Å². The number of aliphatic carboxylic acids is 1. The smallest absolute Gasteiger partial charge is 0.373 e. The Bertz CT molecular complexity index is 122. The Morgan fingerprint density at radius 3 is 1.82 bits per heavy atom. The van der Waals surface area contributed by atoms with Gasteiger partial charge in [0.05, 0.1) is 5.33 Å². The molecule has 66 valence electrons. The lowest BCUT2D eigenvalue weighted by atomic mass is 10.5. The van der Waals surface area contributed by atoms with Crippen LogP contribution in [0.5, 0.6) is 0 Å². The van der Waals surface area contributed by atoms with E-state index < -0.39 is 11.8 Å². The molecule has 0 radical (unpaired) electrons. The molecule has 0 spiro atoms. The lowest BCUT2D eigenvalue weighted by Crippen LogP contribution is -2.12. The van der Waals surface area contributed by atoms with Gasteiger partial charge in [0.15, 0.2) is 0 Å². The summed E-state index contributed by atoms with van der Waals surface area (Å²) in [6.07, 6.45) is 0.875. The van der Waals surface area contributed by atoms with E-state index >= 15 is 0 Å². The molecule has 0 heterocycles. The molecular weight excluding hydrogens is 216 g/mol. The van der Waals surface area contributed by atoms with Crippen molar-refractivity contribution in [2.75, 3.05) is 11.9 Å². The normalized spacial score (nSPS) is 7.91. The van der Waals surface area contributed by atoms with E-state index in [1.807, 2.05) is 6.92 Å². The van der Waals surface area contributed by atoms with E-state index in [9.17, 15) is 9.59 Å². The maximum atomic E-state index is 9.87. The van der Waals surface area contributed by atoms with Crippen molar-refractivity contribution in [1.29, 1.82) is 0 Å². The van der Waals surface area contributed by atoms with Crippen molar-refractivity contribution < 1.29 is 19.8 Å². The summed E-state index contributed by atoms with van der Waals surface area (Å²) in [5.74, 6) is -2.21. The molecule has 0 aliphatic heterocycles. The first-order valence-corrected chi connectivity index (χ1v) is 4.15. The molecule has 0 atom stereocenters. The van der Waals surface area contributed by atoms with Crippen molar-refractivity contribution in [3.05, 3.63) is 0 Å². The topological polar surface area (TPSA) is 74.6 Å². The fraction of sp³-hybridized carbons (Fsp3) is 0.667. The summed E-state index contributed by atoms with van der Waals surface area (Å²) in [5.41, 5.74) is 0. The van der Waals surface area contributed by atoms with Crippen LogP contribution < -0.4 is 0 Å². The van der Waals surface area contributed by atoms with E-state index in [1.54, 1.807) is 0 Å². The second-order valence-corrected chi connectivity index (χ2v) is 2.15. The van der Waals surface area contributed by atoms with Crippen molar-refractivity contribution in [1.82, 2.24) is 0 Å². The van der Waals surface area contributed by atoms with Crippen molar-refractivity contribution in [3.8, 4) is 0 Å². The minimum absolute atomic E-state index is 0.109. The lowest BCUT2D eigenvalue weighted by molar-refractivity contribution is -0.147. The van der Waals surface area contributed by atoms with Gasteiger partial charge in [0.2, 0.25) is 5.78 Å². The van der Waals surface area contributed by atoms with Crippen molar-refractivity contribution in [2.24, 2.45) is 0 Å². The van der Waals surface area contributed by atoms with Gasteiger partial charge in [-0.05, 0) is 6.42 Å². The fourth-order valence-electron chi connectivity index (χ4n) is 0.0572. The average molecular weight is 227 g/mol. The largest absolute Gasteiger partial charge is 0.475 e. The quantitative estimate of drug-likeness (QED) is 0.541. The van der Waals surface area contributed by atoms with Gasteiger partial charge in [0.25, 0.3) is 0 Å². The lowest BCUT2D eigenvalue weighted by Gasteiger charge is -1.79. The molecule has 0 aliphatic carbocycles. The zero-order chi connectivity index (χ0) is 9.28. The highest BCUT2D eigenvalue weighted by atomic mass is 79.9. The molecule has 5 heteroatoms. The predicted molar refractivity (Wildman–Crippen MR) is 43.8 cm³/mol. The molecule has 0 unspecified atom stereocenters. The van der Waals surface area contributed by atoms with Gasteiger partial charge in [0, 0.05) is 6.61 Å². The number of Topliss-reactive ketones (excluding diaryl/α,β-unsaturated/α-hetero) is 1. The van der Waals surface area contributed by atoms with E-state index in [2.05, 4.69) is 15.9 Å². The highest BCUT2D eigenvalue weighted by Gasteiger charge is 2.06. The molecule has 0 saturated carbocycles. The summed E-state index contributed by atoms with van der Waals surface area (Å²) in [7, 11) is 0. The minimum atomic E-state index is -1.39. The van der Waals surface area contributed by atoms with E-state index in [0.717, 1.165) is 6.42 Å². The first-order chi connectivity index (χ1) is 5.09. The summed E-state index contributed by atoms with van der Waals surface area (Å²) < 4.78 is 0. The van der Waals surface area contributed by atoms with Gasteiger partial charge < -0.3 is 10.2 Å². The number of rotatable bonds is 3. The number of ketones is 1. The van der Waals surface area contributed by atoms with Gasteiger partial charge in [-0.2, -0.15) is 0 Å². The molecule has 0 bridgehead atoms. The molecule has 0 aromatic heterocycles. The average Bonchev–Trinajstić information content (AvgIpc) is 2.03. The highest BCUT2D eigenvalue weighted by Crippen LogP contribution is 1.80. The number of halogens is 1. The zero-order valence-electron chi connectivity index (χ0n) is 6.21. The van der Waals surface area contributed by atoms with Crippen molar-refractivity contribution in [2.45, 2.75) is 13.3 Å². The fourth-order valence-corrected chi connectivity index (χ4v) is 0.297. The Labute approximate surface area is 73.3 Å². The minimum Gasteiger partial charge on any atom is -0.475 e. The Kier molecular flexibility index (Phi) is 11.5. The third kappa shape index (κ3) is 12.7. The Hall–Kier alpha value is -0.420. The zero-order valence-corrected chi connectivity index (χ0v) is 7.80. The summed E-state index contributed by atoms with van der Waals surface area (Å²) in [5, 5.41) is 15.6. The summed E-state index contributed by atoms with van der Waals surface area (Å²) >= 11 is 2.68. The standard InChI is InChI=1S/C3H3BrO3.C3H8O/c4-1-2(5)3(6)7;1-2-3-4/h1H2,(H,6,7);4H,2-3H2,1H3. The van der Waals surface area contributed by atoms with Crippen LogP contribution in [0.25, 0.3) is 0 Å². The number of hydrogen-bond donors (Lipinski definition) is 2. The first-order valence-electron chi connectivity index (χ1n) is 3.03. The Balaban J connectivity index is 0. The molecule has 2 N–H and O–H groups in total. The Morgan fingerprint density at radius 1 is 1.45 bits per heavy atom. The van der Waals surface area contributed by atoms with E-state index in [1.165, 1.54) is 0 Å². The number of carbonyl (C=O) groups is 2. The number of carboxylic acids is 1. The summed E-state index contributed by atoms with van der Waals surface area (Å²) in [4.78, 5) is 19.4. The van der Waals surface area contributed by atoms with Gasteiger partial charge in [-0.25, -0.2) is 4.79 Å². The van der Waals surface area contributed by atoms with Crippen LogP contribution in [0.4, 0.5) is 0 Å². The molecule has 4 nitrogen and oxygen atoms in total.